The Morgan fingerprint density at radius 1 is 1.47 bits per heavy atom. The molecule has 0 bridgehead atoms. The molecule has 1 aliphatic rings. The van der Waals surface area contributed by atoms with Crippen LogP contribution >= 0.6 is 11.6 Å². The number of halogens is 1. The highest BCUT2D eigenvalue weighted by Crippen LogP contribution is 2.29. The van der Waals surface area contributed by atoms with Crippen LogP contribution in [-0.2, 0) is 14.8 Å². The summed E-state index contributed by atoms with van der Waals surface area (Å²) >= 11 is 5.80. The number of hydrogen-bond donors (Lipinski definition) is 1. The van der Waals surface area contributed by atoms with Crippen molar-refractivity contribution in [3.05, 3.63) is 28.8 Å². The molecule has 19 heavy (non-hydrogen) atoms. The van der Waals surface area contributed by atoms with Gasteiger partial charge < -0.3 is 5.11 Å². The van der Waals surface area contributed by atoms with Crippen LogP contribution in [0.5, 0.6) is 0 Å². The second kappa shape index (κ2) is 5.11. The average Bonchev–Trinajstić information content (AvgIpc) is 2.77. The molecule has 1 N–H and O–H groups in total. The van der Waals surface area contributed by atoms with Gasteiger partial charge in [-0.15, -0.1) is 0 Å². The number of carboxylic acid groups (broad SMARTS) is 1. The van der Waals surface area contributed by atoms with Crippen molar-refractivity contribution in [3.8, 4) is 0 Å². The van der Waals surface area contributed by atoms with Crippen LogP contribution < -0.4 is 0 Å². The molecule has 1 heterocycles. The van der Waals surface area contributed by atoms with Crippen molar-refractivity contribution in [2.75, 3.05) is 6.54 Å². The largest absolute Gasteiger partial charge is 0.480 e. The summed E-state index contributed by atoms with van der Waals surface area (Å²) < 4.78 is 26.1. The van der Waals surface area contributed by atoms with Crippen molar-refractivity contribution in [1.29, 1.82) is 0 Å². The number of sulfonamides is 1. The predicted octanol–water partition coefficient (Wildman–Crippen LogP) is 1.89. The molecule has 0 aromatic heterocycles. The zero-order valence-corrected chi connectivity index (χ0v) is 11.9. The molecule has 0 radical (unpaired) electrons. The van der Waals surface area contributed by atoms with Gasteiger partial charge >= 0.3 is 5.97 Å². The summed E-state index contributed by atoms with van der Waals surface area (Å²) in [4.78, 5) is 11.2. The summed E-state index contributed by atoms with van der Waals surface area (Å²) in [5, 5.41) is 9.53. The number of rotatable bonds is 3. The first-order valence-electron chi connectivity index (χ1n) is 5.85. The molecule has 0 unspecified atom stereocenters. The van der Waals surface area contributed by atoms with Gasteiger partial charge in [-0.05, 0) is 43.5 Å². The van der Waals surface area contributed by atoms with Gasteiger partial charge in [0.1, 0.15) is 6.04 Å². The minimum Gasteiger partial charge on any atom is -0.480 e. The van der Waals surface area contributed by atoms with Crippen LogP contribution in [-0.4, -0.2) is 36.4 Å². The highest BCUT2D eigenvalue weighted by molar-refractivity contribution is 7.89. The lowest BCUT2D eigenvalue weighted by molar-refractivity contribution is -0.140. The van der Waals surface area contributed by atoms with Crippen molar-refractivity contribution in [3.63, 3.8) is 0 Å². The Morgan fingerprint density at radius 2 is 2.16 bits per heavy atom. The van der Waals surface area contributed by atoms with E-state index in [9.17, 15) is 13.2 Å². The lowest BCUT2D eigenvalue weighted by Crippen LogP contribution is -2.40. The van der Waals surface area contributed by atoms with Crippen molar-refractivity contribution >= 4 is 27.6 Å². The van der Waals surface area contributed by atoms with E-state index in [-0.39, 0.29) is 11.4 Å². The zero-order chi connectivity index (χ0) is 14.2. The van der Waals surface area contributed by atoms with Gasteiger partial charge in [-0.1, -0.05) is 11.6 Å². The van der Waals surface area contributed by atoms with Gasteiger partial charge in [0.05, 0.1) is 4.90 Å². The average molecular weight is 304 g/mol. The van der Waals surface area contributed by atoms with E-state index in [0.717, 1.165) is 4.31 Å². The summed E-state index contributed by atoms with van der Waals surface area (Å²) in [7, 11) is -3.79. The molecule has 0 saturated carbocycles. The van der Waals surface area contributed by atoms with Gasteiger partial charge in [-0.25, -0.2) is 8.42 Å². The maximum absolute atomic E-state index is 12.5. The molecule has 0 spiro atoms. The zero-order valence-electron chi connectivity index (χ0n) is 10.3. The fourth-order valence-electron chi connectivity index (χ4n) is 2.30. The van der Waals surface area contributed by atoms with Crippen LogP contribution in [0.4, 0.5) is 0 Å². The number of benzene rings is 1. The summed E-state index contributed by atoms with van der Waals surface area (Å²) in [5.74, 6) is -1.10. The summed E-state index contributed by atoms with van der Waals surface area (Å²) in [5.41, 5.74) is 0.517. The molecule has 1 saturated heterocycles. The second-order valence-corrected chi connectivity index (χ2v) is 6.82. The first-order chi connectivity index (χ1) is 8.84. The molecular weight excluding hydrogens is 290 g/mol. The maximum Gasteiger partial charge on any atom is 0.322 e. The SMILES string of the molecule is Cc1cc(Cl)ccc1S(=O)(=O)N1CCC[C@@H]1C(=O)O. The van der Waals surface area contributed by atoms with Crippen LogP contribution in [0.25, 0.3) is 0 Å². The van der Waals surface area contributed by atoms with Crippen LogP contribution in [0.1, 0.15) is 18.4 Å². The molecule has 7 heteroatoms. The third kappa shape index (κ3) is 2.61. The van der Waals surface area contributed by atoms with Gasteiger partial charge in [0.15, 0.2) is 0 Å². The van der Waals surface area contributed by atoms with Crippen LogP contribution in [0.15, 0.2) is 23.1 Å². The molecular formula is C12H14ClNO4S. The fourth-order valence-corrected chi connectivity index (χ4v) is 4.39. The highest BCUT2D eigenvalue weighted by Gasteiger charge is 2.39. The first-order valence-corrected chi connectivity index (χ1v) is 7.66. The summed E-state index contributed by atoms with van der Waals surface area (Å²) in [6, 6.07) is 3.50. The van der Waals surface area contributed by atoms with Gasteiger partial charge in [0.2, 0.25) is 10.0 Å². The van der Waals surface area contributed by atoms with E-state index in [1.165, 1.54) is 12.1 Å². The molecule has 1 aliphatic heterocycles. The molecule has 2 rings (SSSR count). The van der Waals surface area contributed by atoms with Gasteiger partial charge in [0.25, 0.3) is 0 Å². The molecule has 104 valence electrons. The van der Waals surface area contributed by atoms with E-state index >= 15 is 0 Å². The lowest BCUT2D eigenvalue weighted by Gasteiger charge is -2.22. The molecule has 1 aromatic carbocycles. The maximum atomic E-state index is 12.5. The minimum atomic E-state index is -3.79. The smallest absolute Gasteiger partial charge is 0.322 e. The van der Waals surface area contributed by atoms with Gasteiger partial charge in [0, 0.05) is 11.6 Å². The number of nitrogens with zero attached hydrogens (tertiary/aromatic N) is 1. The molecule has 0 aliphatic carbocycles. The Labute approximate surface area is 116 Å². The Hall–Kier alpha value is -1.11. The number of aryl methyl sites for hydroxylation is 1. The summed E-state index contributed by atoms with van der Waals surface area (Å²) in [6.45, 7) is 1.88. The topological polar surface area (TPSA) is 74.7 Å². The van der Waals surface area contributed by atoms with E-state index < -0.39 is 22.0 Å². The second-order valence-electron chi connectivity index (χ2n) is 4.52. The Kier molecular flexibility index (Phi) is 3.85. The van der Waals surface area contributed by atoms with Crippen molar-refractivity contribution < 1.29 is 18.3 Å². The van der Waals surface area contributed by atoms with Crippen molar-refractivity contribution in [2.24, 2.45) is 0 Å². The van der Waals surface area contributed by atoms with E-state index in [1.54, 1.807) is 13.0 Å². The standard InChI is InChI=1S/C12H14ClNO4S/c1-8-7-9(13)4-5-11(8)19(17,18)14-6-2-3-10(14)12(15)16/h4-5,7,10H,2-3,6H2,1H3,(H,15,16)/t10-/m1/s1. The Balaban J connectivity index is 2.45. The summed E-state index contributed by atoms with van der Waals surface area (Å²) in [6.07, 6.45) is 0.907. The number of carboxylic acids is 1. The van der Waals surface area contributed by atoms with E-state index in [1.807, 2.05) is 0 Å². The fraction of sp³-hybridized carbons (Fsp3) is 0.417. The first kappa shape index (κ1) is 14.3. The van der Waals surface area contributed by atoms with Gasteiger partial charge in [-0.2, -0.15) is 4.31 Å². The van der Waals surface area contributed by atoms with Gasteiger partial charge in [-0.3, -0.25) is 4.79 Å². The van der Waals surface area contributed by atoms with Crippen molar-refractivity contribution in [2.45, 2.75) is 30.7 Å². The van der Waals surface area contributed by atoms with Crippen molar-refractivity contribution in [1.82, 2.24) is 4.31 Å². The monoisotopic (exact) mass is 303 g/mol. The van der Waals surface area contributed by atoms with E-state index in [4.69, 9.17) is 16.7 Å². The molecule has 1 fully saturated rings. The number of carbonyl (C=O) groups is 1. The lowest BCUT2D eigenvalue weighted by atomic mass is 10.2. The van der Waals surface area contributed by atoms with Crippen LogP contribution in [0.2, 0.25) is 5.02 Å². The Morgan fingerprint density at radius 3 is 2.74 bits per heavy atom. The van der Waals surface area contributed by atoms with E-state index in [2.05, 4.69) is 0 Å². The normalized spacial score (nSPS) is 20.6. The third-order valence-electron chi connectivity index (χ3n) is 3.21. The predicted molar refractivity (Wildman–Crippen MR) is 70.7 cm³/mol. The molecule has 1 atom stereocenters. The third-order valence-corrected chi connectivity index (χ3v) is 5.52. The van der Waals surface area contributed by atoms with Crippen LogP contribution in [0, 0.1) is 6.92 Å². The molecule has 1 aromatic rings. The van der Waals surface area contributed by atoms with Crippen LogP contribution in [0.3, 0.4) is 0 Å². The minimum absolute atomic E-state index is 0.116. The number of aliphatic carboxylic acids is 1. The highest BCUT2D eigenvalue weighted by atomic mass is 35.5. The quantitative estimate of drug-likeness (QED) is 0.925. The Bertz CT molecular complexity index is 614. The number of hydrogen-bond acceptors (Lipinski definition) is 3. The van der Waals surface area contributed by atoms with E-state index in [0.29, 0.717) is 23.4 Å². The molecule has 0 amide bonds. The molecule has 5 nitrogen and oxygen atoms in total.